The van der Waals surface area contributed by atoms with Crippen LogP contribution in [-0.2, 0) is 23.0 Å². The maximum Gasteiger partial charge on any atom is 0.243 e. The number of halogens is 1. The highest BCUT2D eigenvalue weighted by Crippen LogP contribution is 2.36. The Hall–Kier alpha value is -1.84. The van der Waals surface area contributed by atoms with E-state index in [4.69, 9.17) is 0 Å². The Morgan fingerprint density at radius 3 is 2.74 bits per heavy atom. The van der Waals surface area contributed by atoms with Gasteiger partial charge < -0.3 is 9.47 Å². The molecule has 9 heteroatoms. The Balaban J connectivity index is 1.69. The minimum atomic E-state index is -3.72. The van der Waals surface area contributed by atoms with E-state index in [1.54, 1.807) is 6.92 Å². The van der Waals surface area contributed by atoms with E-state index in [0.29, 0.717) is 18.5 Å². The highest BCUT2D eigenvalue weighted by molar-refractivity contribution is 7.89. The van der Waals surface area contributed by atoms with Crippen LogP contribution < -0.4 is 0 Å². The molecule has 2 aliphatic heterocycles. The van der Waals surface area contributed by atoms with Gasteiger partial charge in [0.2, 0.25) is 10.0 Å². The Morgan fingerprint density at radius 2 is 1.96 bits per heavy atom. The maximum absolute atomic E-state index is 13.6. The van der Waals surface area contributed by atoms with Crippen molar-refractivity contribution in [3.63, 3.8) is 0 Å². The first-order chi connectivity index (χ1) is 12.9. The van der Waals surface area contributed by atoms with Gasteiger partial charge in [0.1, 0.15) is 11.6 Å². The molecule has 0 unspecified atom stereocenters. The molecular formula is C18H24FN5O2S. The quantitative estimate of drug-likeness (QED) is 0.794. The number of likely N-dealkylation sites (N-methyl/N-ethyl adjacent to an activating group) is 1. The average Bonchev–Trinajstić information content (AvgIpc) is 3.23. The van der Waals surface area contributed by atoms with Crippen LogP contribution in [0.4, 0.5) is 4.39 Å². The van der Waals surface area contributed by atoms with E-state index in [1.165, 1.54) is 22.5 Å². The van der Waals surface area contributed by atoms with E-state index in [1.807, 2.05) is 0 Å². The molecule has 1 fully saturated rings. The molecule has 2 aliphatic rings. The summed E-state index contributed by atoms with van der Waals surface area (Å²) in [5, 5.41) is 8.69. The van der Waals surface area contributed by atoms with Gasteiger partial charge in [0.25, 0.3) is 0 Å². The van der Waals surface area contributed by atoms with Crippen LogP contribution in [0.2, 0.25) is 0 Å². The fourth-order valence-corrected chi connectivity index (χ4v) is 5.64. The fourth-order valence-electron chi connectivity index (χ4n) is 3.90. The van der Waals surface area contributed by atoms with Crippen molar-refractivity contribution in [1.29, 1.82) is 0 Å². The van der Waals surface area contributed by atoms with Crippen LogP contribution >= 0.6 is 0 Å². The lowest BCUT2D eigenvalue weighted by molar-refractivity contribution is 0.330. The van der Waals surface area contributed by atoms with E-state index in [0.717, 1.165) is 44.1 Å². The molecule has 27 heavy (non-hydrogen) atoms. The van der Waals surface area contributed by atoms with Crippen molar-refractivity contribution < 1.29 is 12.8 Å². The molecule has 4 rings (SSSR count). The van der Waals surface area contributed by atoms with Crippen molar-refractivity contribution in [1.82, 2.24) is 24.0 Å². The van der Waals surface area contributed by atoms with Gasteiger partial charge in [0, 0.05) is 32.6 Å². The van der Waals surface area contributed by atoms with Gasteiger partial charge in [-0.25, -0.2) is 12.8 Å². The lowest BCUT2D eigenvalue weighted by atomic mass is 10.2. The van der Waals surface area contributed by atoms with Gasteiger partial charge in [-0.1, -0.05) is 0 Å². The second-order valence-electron chi connectivity index (χ2n) is 7.36. The number of rotatable bonds is 3. The molecule has 1 aromatic carbocycles. The molecule has 0 saturated carbocycles. The average molecular weight is 393 g/mol. The molecule has 2 aromatic rings. The van der Waals surface area contributed by atoms with Gasteiger partial charge in [0.05, 0.1) is 10.9 Å². The smallest absolute Gasteiger partial charge is 0.243 e. The second-order valence-corrected chi connectivity index (χ2v) is 9.25. The SMILES string of the molecule is Cc1cc(S(=O)(=O)N2CCC[C@H]2c2nnc3n2CCN(C)CC3)ccc1F. The Kier molecular flexibility index (Phi) is 4.77. The molecule has 0 radical (unpaired) electrons. The van der Waals surface area contributed by atoms with Gasteiger partial charge in [-0.2, -0.15) is 4.31 Å². The van der Waals surface area contributed by atoms with Gasteiger partial charge >= 0.3 is 0 Å². The topological polar surface area (TPSA) is 71.3 Å². The first-order valence-corrected chi connectivity index (χ1v) is 10.7. The highest BCUT2D eigenvalue weighted by Gasteiger charge is 2.39. The lowest BCUT2D eigenvalue weighted by Crippen LogP contribution is -2.32. The molecular weight excluding hydrogens is 369 g/mol. The summed E-state index contributed by atoms with van der Waals surface area (Å²) in [5.41, 5.74) is 0.325. The first-order valence-electron chi connectivity index (χ1n) is 9.26. The molecule has 146 valence electrons. The third-order valence-corrected chi connectivity index (χ3v) is 7.42. The largest absolute Gasteiger partial charge is 0.312 e. The van der Waals surface area contributed by atoms with E-state index < -0.39 is 15.8 Å². The summed E-state index contributed by atoms with van der Waals surface area (Å²) in [6.07, 6.45) is 2.29. The number of aryl methyl sites for hydroxylation is 1. The number of benzene rings is 1. The van der Waals surface area contributed by atoms with Crippen LogP contribution in [0.1, 0.15) is 36.1 Å². The van der Waals surface area contributed by atoms with Crippen LogP contribution in [-0.4, -0.2) is 59.1 Å². The van der Waals surface area contributed by atoms with E-state index in [2.05, 4.69) is 26.7 Å². The summed E-state index contributed by atoms with van der Waals surface area (Å²) in [4.78, 5) is 2.37. The number of nitrogens with zero attached hydrogens (tertiary/aromatic N) is 5. The van der Waals surface area contributed by atoms with Crippen LogP contribution in [0.25, 0.3) is 0 Å². The highest BCUT2D eigenvalue weighted by atomic mass is 32.2. The van der Waals surface area contributed by atoms with Crippen molar-refractivity contribution in [3.05, 3.63) is 41.2 Å². The van der Waals surface area contributed by atoms with E-state index in [-0.39, 0.29) is 10.9 Å². The van der Waals surface area contributed by atoms with Crippen molar-refractivity contribution in [2.75, 3.05) is 26.7 Å². The lowest BCUT2D eigenvalue weighted by Gasteiger charge is -2.24. The Morgan fingerprint density at radius 1 is 1.15 bits per heavy atom. The molecule has 3 heterocycles. The van der Waals surface area contributed by atoms with Crippen LogP contribution in [0.5, 0.6) is 0 Å². The summed E-state index contributed by atoms with van der Waals surface area (Å²) in [6, 6.07) is 3.63. The minimum Gasteiger partial charge on any atom is -0.312 e. The predicted molar refractivity (Wildman–Crippen MR) is 98.2 cm³/mol. The predicted octanol–water partition coefficient (Wildman–Crippen LogP) is 1.74. The monoisotopic (exact) mass is 393 g/mol. The van der Waals surface area contributed by atoms with Crippen LogP contribution in [0.15, 0.2) is 23.1 Å². The number of aromatic nitrogens is 3. The number of fused-ring (bicyclic) bond motifs is 1. The van der Waals surface area contributed by atoms with E-state index >= 15 is 0 Å². The molecule has 0 aliphatic carbocycles. The molecule has 0 bridgehead atoms. The normalized spacial score (nSPS) is 22.0. The van der Waals surface area contributed by atoms with Gasteiger partial charge in [-0.05, 0) is 50.6 Å². The Bertz CT molecular complexity index is 959. The van der Waals surface area contributed by atoms with Crippen molar-refractivity contribution in [2.24, 2.45) is 0 Å². The number of hydrogen-bond acceptors (Lipinski definition) is 5. The molecule has 0 N–H and O–H groups in total. The summed E-state index contributed by atoms with van der Waals surface area (Å²) in [5.74, 6) is 1.23. The summed E-state index contributed by atoms with van der Waals surface area (Å²) in [7, 11) is -1.65. The summed E-state index contributed by atoms with van der Waals surface area (Å²) < 4.78 is 43.6. The van der Waals surface area contributed by atoms with Gasteiger partial charge in [0.15, 0.2) is 5.82 Å². The summed E-state index contributed by atoms with van der Waals surface area (Å²) >= 11 is 0. The number of hydrogen-bond donors (Lipinski definition) is 0. The number of sulfonamides is 1. The van der Waals surface area contributed by atoms with Crippen molar-refractivity contribution >= 4 is 10.0 Å². The molecule has 0 amide bonds. The molecule has 1 aromatic heterocycles. The minimum absolute atomic E-state index is 0.128. The van der Waals surface area contributed by atoms with Crippen molar-refractivity contribution in [3.8, 4) is 0 Å². The van der Waals surface area contributed by atoms with E-state index in [9.17, 15) is 12.8 Å². The van der Waals surface area contributed by atoms with Crippen LogP contribution in [0.3, 0.4) is 0 Å². The zero-order chi connectivity index (χ0) is 19.2. The second kappa shape index (κ2) is 6.96. The van der Waals surface area contributed by atoms with Gasteiger partial charge in [-0.15, -0.1) is 10.2 Å². The zero-order valence-electron chi connectivity index (χ0n) is 15.6. The summed E-state index contributed by atoms with van der Waals surface area (Å²) in [6.45, 7) is 4.57. The molecule has 1 atom stereocenters. The third kappa shape index (κ3) is 3.28. The standard InChI is InChI=1S/C18H24FN5O2S/c1-13-12-14(5-6-15(13)19)27(25,26)24-8-3-4-16(24)18-21-20-17-7-9-22(2)10-11-23(17)18/h5-6,12,16H,3-4,7-11H2,1-2H3/t16-/m0/s1. The molecule has 7 nitrogen and oxygen atoms in total. The molecule has 1 saturated heterocycles. The zero-order valence-corrected chi connectivity index (χ0v) is 16.4. The first kappa shape index (κ1) is 18.5. The maximum atomic E-state index is 13.6. The van der Waals surface area contributed by atoms with Crippen molar-refractivity contribution in [2.45, 2.75) is 43.7 Å². The Labute approximate surface area is 158 Å². The third-order valence-electron chi connectivity index (χ3n) is 5.52. The van der Waals surface area contributed by atoms with Gasteiger partial charge in [-0.3, -0.25) is 0 Å². The van der Waals surface area contributed by atoms with Crippen LogP contribution in [0, 0.1) is 12.7 Å². The molecule has 0 spiro atoms. The fraction of sp³-hybridized carbons (Fsp3) is 0.556.